The van der Waals surface area contributed by atoms with Crippen molar-refractivity contribution in [3.05, 3.63) is 35.9 Å². The molecule has 2 rings (SSSR count). The van der Waals surface area contributed by atoms with Gasteiger partial charge in [-0.15, -0.1) is 0 Å². The number of hydrogen-bond acceptors (Lipinski definition) is 3. The first-order valence-corrected chi connectivity index (χ1v) is 6.73. The van der Waals surface area contributed by atoms with E-state index in [4.69, 9.17) is 5.11 Å². The third-order valence-electron chi connectivity index (χ3n) is 3.83. The molecule has 0 radical (unpaired) electrons. The molecule has 2 atom stereocenters. The molecular weight excluding hydrogens is 226 g/mol. The highest BCUT2D eigenvalue weighted by Gasteiger charge is 2.30. The maximum absolute atomic E-state index is 10.6. The van der Waals surface area contributed by atoms with Gasteiger partial charge in [-0.1, -0.05) is 30.3 Å². The van der Waals surface area contributed by atoms with Gasteiger partial charge in [0.15, 0.2) is 0 Å². The molecule has 2 N–H and O–H groups in total. The Morgan fingerprint density at radius 1 is 1.33 bits per heavy atom. The van der Waals surface area contributed by atoms with Crippen LogP contribution in [0.3, 0.4) is 0 Å². The van der Waals surface area contributed by atoms with Crippen LogP contribution in [0.4, 0.5) is 0 Å². The van der Waals surface area contributed by atoms with E-state index in [0.29, 0.717) is 12.5 Å². The van der Waals surface area contributed by atoms with Crippen molar-refractivity contribution in [2.24, 2.45) is 5.92 Å². The zero-order chi connectivity index (χ0) is 13.0. The highest BCUT2D eigenvalue weighted by atomic mass is 16.3. The molecule has 0 spiro atoms. The average molecular weight is 249 g/mol. The summed E-state index contributed by atoms with van der Waals surface area (Å²) in [5.41, 5.74) is 0.172. The molecule has 0 amide bonds. The molecule has 0 aromatic heterocycles. The molecule has 0 bridgehead atoms. The predicted octanol–water partition coefficient (Wildman–Crippen LogP) is 1.60. The Morgan fingerprint density at radius 2 is 2.06 bits per heavy atom. The summed E-state index contributed by atoms with van der Waals surface area (Å²) in [6.45, 7) is 4.82. The summed E-state index contributed by atoms with van der Waals surface area (Å²) in [6.07, 6.45) is 2.01. The molecular formula is C15H23NO2. The van der Waals surface area contributed by atoms with Crippen molar-refractivity contribution >= 4 is 0 Å². The lowest BCUT2D eigenvalue weighted by Gasteiger charge is -2.29. The molecule has 1 fully saturated rings. The van der Waals surface area contributed by atoms with Crippen LogP contribution in [0.15, 0.2) is 30.3 Å². The second-order valence-corrected chi connectivity index (χ2v) is 5.54. The molecule has 1 saturated heterocycles. The predicted molar refractivity (Wildman–Crippen MR) is 72.3 cm³/mol. The molecule has 0 aliphatic carbocycles. The van der Waals surface area contributed by atoms with Gasteiger partial charge in [0.2, 0.25) is 0 Å². The Kier molecular flexibility index (Phi) is 4.38. The van der Waals surface area contributed by atoms with Crippen LogP contribution in [-0.4, -0.2) is 41.4 Å². The summed E-state index contributed by atoms with van der Waals surface area (Å²) in [5, 5.41) is 19.5. The zero-order valence-electron chi connectivity index (χ0n) is 11.0. The first kappa shape index (κ1) is 13.5. The first-order valence-electron chi connectivity index (χ1n) is 6.73. The summed E-state index contributed by atoms with van der Waals surface area (Å²) >= 11 is 0. The fourth-order valence-electron chi connectivity index (χ4n) is 2.80. The molecule has 1 aliphatic heterocycles. The molecule has 1 aromatic rings. The number of hydrogen-bond donors (Lipinski definition) is 2. The molecule has 0 saturated carbocycles. The van der Waals surface area contributed by atoms with Gasteiger partial charge in [-0.25, -0.2) is 0 Å². The van der Waals surface area contributed by atoms with Crippen molar-refractivity contribution < 1.29 is 10.2 Å². The van der Waals surface area contributed by atoms with Gasteiger partial charge in [0, 0.05) is 19.7 Å². The quantitative estimate of drug-likeness (QED) is 0.833. The number of likely N-dealkylation sites (tertiary alicyclic amines) is 1. The highest BCUT2D eigenvalue weighted by Crippen LogP contribution is 2.26. The highest BCUT2D eigenvalue weighted by molar-refractivity contribution is 5.21. The van der Waals surface area contributed by atoms with Crippen LogP contribution in [0.5, 0.6) is 0 Å². The smallest absolute Gasteiger partial charge is 0.0994 e. The van der Waals surface area contributed by atoms with E-state index in [1.54, 1.807) is 0 Å². The average Bonchev–Trinajstić information content (AvgIpc) is 2.77. The molecule has 1 heterocycles. The van der Waals surface area contributed by atoms with Crippen LogP contribution >= 0.6 is 0 Å². The van der Waals surface area contributed by atoms with Crippen molar-refractivity contribution in [3.63, 3.8) is 0 Å². The molecule has 100 valence electrons. The minimum Gasteiger partial charge on any atom is -0.396 e. The standard InChI is InChI=1S/C15H23NO2/c1-15(18,14-5-3-2-4-6-14)12-16-9-7-13(11-16)8-10-17/h2-6,13,17-18H,7-12H2,1H3. The summed E-state index contributed by atoms with van der Waals surface area (Å²) in [5.74, 6) is 0.585. The van der Waals surface area contributed by atoms with Gasteiger partial charge in [0.05, 0.1) is 5.60 Å². The molecule has 2 unspecified atom stereocenters. The number of nitrogens with zero attached hydrogens (tertiary/aromatic N) is 1. The fraction of sp³-hybridized carbons (Fsp3) is 0.600. The Bertz CT molecular complexity index is 364. The number of benzene rings is 1. The van der Waals surface area contributed by atoms with E-state index < -0.39 is 5.60 Å². The van der Waals surface area contributed by atoms with Crippen molar-refractivity contribution in [1.29, 1.82) is 0 Å². The second-order valence-electron chi connectivity index (χ2n) is 5.54. The Morgan fingerprint density at radius 3 is 2.72 bits per heavy atom. The topological polar surface area (TPSA) is 43.7 Å². The molecule has 3 heteroatoms. The minimum atomic E-state index is -0.796. The number of aliphatic hydroxyl groups excluding tert-OH is 1. The second kappa shape index (κ2) is 5.83. The molecule has 3 nitrogen and oxygen atoms in total. The summed E-state index contributed by atoms with van der Waals surface area (Å²) < 4.78 is 0. The van der Waals surface area contributed by atoms with E-state index in [2.05, 4.69) is 4.90 Å². The summed E-state index contributed by atoms with van der Waals surface area (Å²) in [4.78, 5) is 2.30. The maximum Gasteiger partial charge on any atom is 0.0994 e. The van der Waals surface area contributed by atoms with Crippen molar-refractivity contribution in [2.45, 2.75) is 25.4 Å². The van der Waals surface area contributed by atoms with Gasteiger partial charge in [-0.05, 0) is 37.8 Å². The SMILES string of the molecule is CC(O)(CN1CCC(CCO)C1)c1ccccc1. The van der Waals surface area contributed by atoms with Crippen LogP contribution in [-0.2, 0) is 5.60 Å². The van der Waals surface area contributed by atoms with Gasteiger partial charge in [-0.3, -0.25) is 4.90 Å². The number of aliphatic hydroxyl groups is 2. The molecule has 1 aromatic carbocycles. The van der Waals surface area contributed by atoms with E-state index in [1.165, 1.54) is 0 Å². The Hall–Kier alpha value is -0.900. The maximum atomic E-state index is 10.6. The van der Waals surface area contributed by atoms with Crippen LogP contribution < -0.4 is 0 Å². The number of rotatable bonds is 5. The Balaban J connectivity index is 1.93. The van der Waals surface area contributed by atoms with Crippen molar-refractivity contribution in [2.75, 3.05) is 26.2 Å². The largest absolute Gasteiger partial charge is 0.396 e. The van der Waals surface area contributed by atoms with Crippen LogP contribution in [0.1, 0.15) is 25.3 Å². The van der Waals surface area contributed by atoms with Crippen molar-refractivity contribution in [3.8, 4) is 0 Å². The van der Waals surface area contributed by atoms with Gasteiger partial charge >= 0.3 is 0 Å². The normalized spacial score (nSPS) is 24.1. The van der Waals surface area contributed by atoms with Gasteiger partial charge in [-0.2, -0.15) is 0 Å². The van der Waals surface area contributed by atoms with E-state index in [-0.39, 0.29) is 6.61 Å². The van der Waals surface area contributed by atoms with Crippen LogP contribution in [0.2, 0.25) is 0 Å². The Labute approximate surface area is 109 Å². The van der Waals surface area contributed by atoms with E-state index in [9.17, 15) is 5.11 Å². The van der Waals surface area contributed by atoms with Crippen molar-refractivity contribution in [1.82, 2.24) is 4.90 Å². The zero-order valence-corrected chi connectivity index (χ0v) is 11.0. The summed E-state index contributed by atoms with van der Waals surface area (Å²) in [6, 6.07) is 9.83. The first-order chi connectivity index (χ1) is 8.62. The molecule has 1 aliphatic rings. The van der Waals surface area contributed by atoms with Crippen LogP contribution in [0.25, 0.3) is 0 Å². The lowest BCUT2D eigenvalue weighted by molar-refractivity contribution is 0.0215. The van der Waals surface area contributed by atoms with E-state index in [0.717, 1.165) is 31.5 Å². The minimum absolute atomic E-state index is 0.271. The lowest BCUT2D eigenvalue weighted by Crippen LogP contribution is -2.37. The third kappa shape index (κ3) is 3.31. The van der Waals surface area contributed by atoms with Gasteiger partial charge in [0.25, 0.3) is 0 Å². The van der Waals surface area contributed by atoms with E-state index in [1.807, 2.05) is 37.3 Å². The fourth-order valence-corrected chi connectivity index (χ4v) is 2.80. The monoisotopic (exact) mass is 249 g/mol. The summed E-state index contributed by atoms with van der Waals surface area (Å²) in [7, 11) is 0. The third-order valence-corrected chi connectivity index (χ3v) is 3.83. The lowest BCUT2D eigenvalue weighted by atomic mass is 9.95. The van der Waals surface area contributed by atoms with Gasteiger partial charge in [0.1, 0.15) is 0 Å². The number of β-amino-alcohol motifs (C(OH)–C–C–N with tert-alkyl or cyclic N) is 1. The molecule has 18 heavy (non-hydrogen) atoms. The van der Waals surface area contributed by atoms with E-state index >= 15 is 0 Å². The van der Waals surface area contributed by atoms with Crippen LogP contribution in [0, 0.1) is 5.92 Å². The van der Waals surface area contributed by atoms with Gasteiger partial charge < -0.3 is 10.2 Å².